The molecule has 2 aromatic carbocycles. The number of thioether (sulfide) groups is 1. The number of nitrogens with one attached hydrogen (secondary N) is 1. The standard InChI is InChI=1S/C20H24N2OS2/c1-4-22(5-2)20(24)25-15(3)19(23)21-18-14-10-9-13-17(18)16-11-7-6-8-12-16/h6-15H,4-5H2,1-3H3,(H,21,23)/t15-/m0/s1. The smallest absolute Gasteiger partial charge is 0.237 e. The maximum Gasteiger partial charge on any atom is 0.237 e. The van der Waals surface area contributed by atoms with Crippen LogP contribution >= 0.6 is 24.0 Å². The van der Waals surface area contributed by atoms with E-state index < -0.39 is 0 Å². The second-order valence-corrected chi connectivity index (χ2v) is 7.57. The minimum atomic E-state index is -0.253. The van der Waals surface area contributed by atoms with Crippen molar-refractivity contribution in [3.63, 3.8) is 0 Å². The number of rotatable bonds is 6. The monoisotopic (exact) mass is 372 g/mol. The molecule has 5 heteroatoms. The summed E-state index contributed by atoms with van der Waals surface area (Å²) in [6, 6.07) is 17.9. The Morgan fingerprint density at radius 2 is 1.68 bits per heavy atom. The van der Waals surface area contributed by atoms with Crippen molar-refractivity contribution < 1.29 is 4.79 Å². The van der Waals surface area contributed by atoms with Crippen molar-refractivity contribution in [2.45, 2.75) is 26.0 Å². The lowest BCUT2D eigenvalue weighted by Crippen LogP contribution is -2.31. The van der Waals surface area contributed by atoms with E-state index in [1.54, 1.807) is 0 Å². The Hall–Kier alpha value is -1.85. The normalized spacial score (nSPS) is 11.6. The Bertz CT molecular complexity index is 715. The molecular formula is C20H24N2OS2. The third kappa shape index (κ3) is 5.31. The number of carbonyl (C=O) groups excluding carboxylic acids is 1. The number of amides is 1. The molecule has 0 aliphatic heterocycles. The molecule has 0 bridgehead atoms. The van der Waals surface area contributed by atoms with E-state index in [1.807, 2.05) is 61.5 Å². The van der Waals surface area contributed by atoms with E-state index in [0.29, 0.717) is 0 Å². The van der Waals surface area contributed by atoms with Gasteiger partial charge in [-0.05, 0) is 32.4 Å². The van der Waals surface area contributed by atoms with Crippen molar-refractivity contribution in [3.05, 3.63) is 54.6 Å². The van der Waals surface area contributed by atoms with Crippen LogP contribution in [-0.4, -0.2) is 33.5 Å². The van der Waals surface area contributed by atoms with Gasteiger partial charge in [0, 0.05) is 24.3 Å². The van der Waals surface area contributed by atoms with Crippen LogP contribution in [-0.2, 0) is 4.79 Å². The molecule has 2 aromatic rings. The zero-order chi connectivity index (χ0) is 18.2. The first-order chi connectivity index (χ1) is 12.1. The highest BCUT2D eigenvalue weighted by molar-refractivity contribution is 8.23. The zero-order valence-electron chi connectivity index (χ0n) is 14.9. The van der Waals surface area contributed by atoms with Crippen LogP contribution in [0.2, 0.25) is 0 Å². The molecule has 1 atom stereocenters. The Balaban J connectivity index is 2.09. The molecule has 0 radical (unpaired) electrons. The van der Waals surface area contributed by atoms with E-state index in [9.17, 15) is 4.79 Å². The van der Waals surface area contributed by atoms with E-state index in [-0.39, 0.29) is 11.2 Å². The lowest BCUT2D eigenvalue weighted by Gasteiger charge is -2.23. The molecule has 0 fully saturated rings. The first-order valence-corrected chi connectivity index (χ1v) is 9.76. The number of hydrogen-bond donors (Lipinski definition) is 1. The number of hydrogen-bond acceptors (Lipinski definition) is 3. The van der Waals surface area contributed by atoms with E-state index in [1.165, 1.54) is 11.8 Å². The molecule has 0 heterocycles. The van der Waals surface area contributed by atoms with Gasteiger partial charge in [0.25, 0.3) is 0 Å². The van der Waals surface area contributed by atoms with Crippen LogP contribution in [0, 0.1) is 0 Å². The molecule has 1 amide bonds. The average molecular weight is 373 g/mol. The third-order valence-electron chi connectivity index (χ3n) is 3.94. The minimum absolute atomic E-state index is 0.0390. The van der Waals surface area contributed by atoms with Crippen molar-refractivity contribution in [2.75, 3.05) is 18.4 Å². The largest absolute Gasteiger partial charge is 0.358 e. The second-order valence-electron chi connectivity index (χ2n) is 5.60. The summed E-state index contributed by atoms with van der Waals surface area (Å²) in [4.78, 5) is 14.7. The summed E-state index contributed by atoms with van der Waals surface area (Å²) < 4.78 is 0.768. The van der Waals surface area contributed by atoms with Gasteiger partial charge in [-0.3, -0.25) is 4.79 Å². The minimum Gasteiger partial charge on any atom is -0.358 e. The van der Waals surface area contributed by atoms with Crippen LogP contribution in [0.25, 0.3) is 11.1 Å². The third-order valence-corrected chi connectivity index (χ3v) is 5.51. The van der Waals surface area contributed by atoms with Crippen LogP contribution in [0.15, 0.2) is 54.6 Å². The van der Waals surface area contributed by atoms with E-state index >= 15 is 0 Å². The molecular weight excluding hydrogens is 348 g/mol. The van der Waals surface area contributed by atoms with Crippen molar-refractivity contribution in [3.8, 4) is 11.1 Å². The summed E-state index contributed by atoms with van der Waals surface area (Å²) in [6.07, 6.45) is 0. The van der Waals surface area contributed by atoms with Crippen LogP contribution in [0.1, 0.15) is 20.8 Å². The zero-order valence-corrected chi connectivity index (χ0v) is 16.5. The van der Waals surface area contributed by atoms with E-state index in [4.69, 9.17) is 12.2 Å². The van der Waals surface area contributed by atoms with Crippen molar-refractivity contribution in [1.82, 2.24) is 4.90 Å². The number of anilines is 1. The maximum atomic E-state index is 12.6. The molecule has 0 saturated heterocycles. The highest BCUT2D eigenvalue weighted by atomic mass is 32.2. The first-order valence-electron chi connectivity index (χ1n) is 8.47. The fourth-order valence-electron chi connectivity index (χ4n) is 2.46. The molecule has 0 spiro atoms. The predicted molar refractivity (Wildman–Crippen MR) is 113 cm³/mol. The van der Waals surface area contributed by atoms with Gasteiger partial charge >= 0.3 is 0 Å². The fourth-order valence-corrected chi connectivity index (χ4v) is 4.02. The maximum absolute atomic E-state index is 12.6. The highest BCUT2D eigenvalue weighted by Gasteiger charge is 2.19. The topological polar surface area (TPSA) is 32.3 Å². The van der Waals surface area contributed by atoms with Crippen molar-refractivity contribution >= 4 is 39.9 Å². The Labute approximate surface area is 159 Å². The summed E-state index contributed by atoms with van der Waals surface area (Å²) >= 11 is 6.88. The lowest BCUT2D eigenvalue weighted by molar-refractivity contribution is -0.115. The second kappa shape index (κ2) is 9.59. The number of benzene rings is 2. The molecule has 2 rings (SSSR count). The summed E-state index contributed by atoms with van der Waals surface area (Å²) in [7, 11) is 0. The van der Waals surface area contributed by atoms with Gasteiger partial charge in [0.2, 0.25) is 5.91 Å². The van der Waals surface area contributed by atoms with Gasteiger partial charge in [0.05, 0.1) is 5.25 Å². The van der Waals surface area contributed by atoms with E-state index in [0.717, 1.165) is 34.2 Å². The molecule has 0 aliphatic carbocycles. The van der Waals surface area contributed by atoms with E-state index in [2.05, 4.69) is 24.1 Å². The highest BCUT2D eigenvalue weighted by Crippen LogP contribution is 2.28. The summed E-state index contributed by atoms with van der Waals surface area (Å²) in [5.41, 5.74) is 2.91. The molecule has 3 nitrogen and oxygen atoms in total. The van der Waals surface area contributed by atoms with Crippen molar-refractivity contribution in [2.24, 2.45) is 0 Å². The molecule has 0 aliphatic rings. The van der Waals surface area contributed by atoms with Crippen LogP contribution in [0.3, 0.4) is 0 Å². The lowest BCUT2D eigenvalue weighted by atomic mass is 10.0. The number of para-hydroxylation sites is 1. The molecule has 132 valence electrons. The SMILES string of the molecule is CCN(CC)C(=S)S[C@@H](C)C(=O)Nc1ccccc1-c1ccccc1. The van der Waals surface area contributed by atoms with Gasteiger partial charge in [0.1, 0.15) is 4.32 Å². The van der Waals surface area contributed by atoms with Gasteiger partial charge in [0.15, 0.2) is 0 Å². The summed E-state index contributed by atoms with van der Waals surface area (Å²) in [5.74, 6) is -0.0390. The molecule has 25 heavy (non-hydrogen) atoms. The number of carbonyl (C=O) groups is 1. The Kier molecular flexibility index (Phi) is 7.47. The summed E-state index contributed by atoms with van der Waals surface area (Å²) in [5, 5.41) is 2.80. The van der Waals surface area contributed by atoms with Crippen molar-refractivity contribution in [1.29, 1.82) is 0 Å². The number of thiocarbonyl (C=S) groups is 1. The first kappa shape index (κ1) is 19.5. The number of nitrogens with zero attached hydrogens (tertiary/aromatic N) is 1. The fraction of sp³-hybridized carbons (Fsp3) is 0.300. The molecule has 0 saturated carbocycles. The summed E-state index contributed by atoms with van der Waals surface area (Å²) in [6.45, 7) is 7.73. The molecule has 1 N–H and O–H groups in total. The van der Waals surface area contributed by atoms with Gasteiger partial charge in [-0.1, -0.05) is 72.5 Å². The van der Waals surface area contributed by atoms with Gasteiger partial charge in [-0.25, -0.2) is 0 Å². The molecule has 0 aromatic heterocycles. The predicted octanol–water partition coefficient (Wildman–Crippen LogP) is 5.04. The Morgan fingerprint density at radius 3 is 2.32 bits per heavy atom. The quantitative estimate of drug-likeness (QED) is 0.720. The van der Waals surface area contributed by atoms with Gasteiger partial charge < -0.3 is 10.2 Å². The van der Waals surface area contributed by atoms with Crippen LogP contribution in [0.4, 0.5) is 5.69 Å². The Morgan fingerprint density at radius 1 is 1.08 bits per heavy atom. The van der Waals surface area contributed by atoms with Crippen LogP contribution < -0.4 is 5.32 Å². The average Bonchev–Trinajstić information content (AvgIpc) is 2.63. The van der Waals surface area contributed by atoms with Gasteiger partial charge in [-0.2, -0.15) is 0 Å². The van der Waals surface area contributed by atoms with Gasteiger partial charge in [-0.15, -0.1) is 0 Å². The molecule has 0 unspecified atom stereocenters. The van der Waals surface area contributed by atoms with Crippen LogP contribution in [0.5, 0.6) is 0 Å².